The van der Waals surface area contributed by atoms with Crippen molar-refractivity contribution < 1.29 is 9.53 Å². The Morgan fingerprint density at radius 2 is 2.08 bits per heavy atom. The number of methoxy groups -OCH3 is 1. The summed E-state index contributed by atoms with van der Waals surface area (Å²) in [6.07, 6.45) is 3.27. The Balaban J connectivity index is 2.11. The van der Waals surface area contributed by atoms with Crippen LogP contribution < -0.4 is 5.56 Å². The molecule has 3 atom stereocenters. The van der Waals surface area contributed by atoms with Crippen LogP contribution in [0.5, 0.6) is 0 Å². The number of aromatic nitrogens is 2. The standard InChI is InChI=1S/C19H24N2O3S/c1-12-7-6-10-16(13(12)2)21-18(23)14-8-4-5-9-15(14)20-19(21)25-11-17(22)24-3/h4-5,8-9,12-13,16H,6-7,10-11H2,1-3H3/t12-,13+,16-/m0/s1. The molecule has 0 saturated heterocycles. The van der Waals surface area contributed by atoms with E-state index in [2.05, 4.69) is 13.8 Å². The highest BCUT2D eigenvalue weighted by Crippen LogP contribution is 2.38. The number of hydrogen-bond donors (Lipinski definition) is 0. The third kappa shape index (κ3) is 3.59. The molecule has 5 nitrogen and oxygen atoms in total. The van der Waals surface area contributed by atoms with Crippen molar-refractivity contribution in [2.75, 3.05) is 12.9 Å². The van der Waals surface area contributed by atoms with E-state index in [0.717, 1.165) is 12.8 Å². The van der Waals surface area contributed by atoms with E-state index in [1.54, 1.807) is 0 Å². The van der Waals surface area contributed by atoms with Crippen molar-refractivity contribution in [2.24, 2.45) is 11.8 Å². The first kappa shape index (κ1) is 18.0. The van der Waals surface area contributed by atoms with Crippen molar-refractivity contribution in [1.82, 2.24) is 9.55 Å². The SMILES string of the molecule is COC(=O)CSc1nc2ccccc2c(=O)n1[C@H]1CCC[C@H](C)[C@H]1C. The minimum atomic E-state index is -0.316. The fourth-order valence-corrected chi connectivity index (χ4v) is 4.51. The van der Waals surface area contributed by atoms with Crippen LogP contribution in [-0.4, -0.2) is 28.4 Å². The molecule has 0 amide bonds. The summed E-state index contributed by atoms with van der Waals surface area (Å²) < 4.78 is 6.57. The number of ether oxygens (including phenoxy) is 1. The minimum absolute atomic E-state index is 0.0103. The largest absolute Gasteiger partial charge is 0.468 e. The summed E-state index contributed by atoms with van der Waals surface area (Å²) in [5.74, 6) is 0.796. The first-order valence-corrected chi connectivity index (χ1v) is 9.72. The Labute approximate surface area is 151 Å². The van der Waals surface area contributed by atoms with Crippen molar-refractivity contribution in [3.05, 3.63) is 34.6 Å². The van der Waals surface area contributed by atoms with Crippen LogP contribution in [0.2, 0.25) is 0 Å². The molecule has 0 bridgehead atoms. The lowest BCUT2D eigenvalue weighted by atomic mass is 9.78. The Bertz CT molecular complexity index is 833. The molecule has 0 aliphatic heterocycles. The topological polar surface area (TPSA) is 61.2 Å². The lowest BCUT2D eigenvalue weighted by Crippen LogP contribution is -2.35. The maximum Gasteiger partial charge on any atom is 0.316 e. The highest BCUT2D eigenvalue weighted by Gasteiger charge is 2.31. The van der Waals surface area contributed by atoms with E-state index >= 15 is 0 Å². The summed E-state index contributed by atoms with van der Waals surface area (Å²) in [7, 11) is 1.37. The molecule has 1 aromatic heterocycles. The van der Waals surface area contributed by atoms with E-state index in [4.69, 9.17) is 9.72 Å². The van der Waals surface area contributed by atoms with Crippen molar-refractivity contribution in [3.8, 4) is 0 Å². The number of carbonyl (C=O) groups is 1. The smallest absolute Gasteiger partial charge is 0.316 e. The summed E-state index contributed by atoms with van der Waals surface area (Å²) in [6, 6.07) is 7.53. The molecule has 25 heavy (non-hydrogen) atoms. The van der Waals surface area contributed by atoms with Gasteiger partial charge in [-0.2, -0.15) is 0 Å². The number of carbonyl (C=O) groups excluding carboxylic acids is 1. The Hall–Kier alpha value is -1.82. The number of nitrogens with zero attached hydrogens (tertiary/aromatic N) is 2. The van der Waals surface area contributed by atoms with Crippen molar-refractivity contribution in [2.45, 2.75) is 44.3 Å². The number of hydrogen-bond acceptors (Lipinski definition) is 5. The van der Waals surface area contributed by atoms with Crippen LogP contribution in [0.4, 0.5) is 0 Å². The van der Waals surface area contributed by atoms with Gasteiger partial charge in [0.1, 0.15) is 0 Å². The Kier molecular flexibility index (Phi) is 5.47. The molecular weight excluding hydrogens is 336 g/mol. The van der Waals surface area contributed by atoms with Crippen LogP contribution in [0, 0.1) is 11.8 Å². The molecule has 1 saturated carbocycles. The first-order valence-electron chi connectivity index (χ1n) is 8.73. The molecule has 6 heteroatoms. The Morgan fingerprint density at radius 3 is 2.84 bits per heavy atom. The monoisotopic (exact) mass is 360 g/mol. The maximum absolute atomic E-state index is 13.2. The second-order valence-corrected chi connectivity index (χ2v) is 7.73. The number of benzene rings is 1. The lowest BCUT2D eigenvalue weighted by molar-refractivity contribution is -0.137. The number of fused-ring (bicyclic) bond motifs is 1. The maximum atomic E-state index is 13.2. The van der Waals surface area contributed by atoms with Crippen LogP contribution in [-0.2, 0) is 9.53 Å². The average molecular weight is 360 g/mol. The molecule has 0 unspecified atom stereocenters. The fourth-order valence-electron chi connectivity index (χ4n) is 3.62. The van der Waals surface area contributed by atoms with Gasteiger partial charge < -0.3 is 4.74 Å². The molecule has 0 N–H and O–H groups in total. The molecule has 134 valence electrons. The normalized spacial score (nSPS) is 23.6. The first-order chi connectivity index (χ1) is 12.0. The summed E-state index contributed by atoms with van der Waals surface area (Å²) in [5, 5.41) is 1.25. The van der Waals surface area contributed by atoms with Gasteiger partial charge in [-0.25, -0.2) is 4.98 Å². The zero-order valence-electron chi connectivity index (χ0n) is 14.9. The molecule has 1 aliphatic rings. The van der Waals surface area contributed by atoms with Crippen LogP contribution in [0.25, 0.3) is 10.9 Å². The molecule has 1 fully saturated rings. The van der Waals surface area contributed by atoms with Crippen LogP contribution in [0.3, 0.4) is 0 Å². The van der Waals surface area contributed by atoms with E-state index in [0.29, 0.717) is 27.9 Å². The molecular formula is C19H24N2O3S. The Morgan fingerprint density at radius 1 is 1.32 bits per heavy atom. The summed E-state index contributed by atoms with van der Waals surface area (Å²) >= 11 is 1.28. The number of para-hydroxylation sites is 1. The molecule has 0 radical (unpaired) electrons. The molecule has 3 rings (SSSR count). The highest BCUT2D eigenvalue weighted by atomic mass is 32.2. The van der Waals surface area contributed by atoms with E-state index < -0.39 is 0 Å². The summed E-state index contributed by atoms with van der Waals surface area (Å²) in [4.78, 5) is 29.5. The van der Waals surface area contributed by atoms with Gasteiger partial charge >= 0.3 is 5.97 Å². The van der Waals surface area contributed by atoms with Crippen LogP contribution >= 0.6 is 11.8 Å². The predicted molar refractivity (Wildman–Crippen MR) is 100.0 cm³/mol. The lowest BCUT2D eigenvalue weighted by Gasteiger charge is -2.36. The number of thioether (sulfide) groups is 1. The van der Waals surface area contributed by atoms with Gasteiger partial charge in [-0.3, -0.25) is 14.2 Å². The zero-order chi connectivity index (χ0) is 18.0. The van der Waals surface area contributed by atoms with Gasteiger partial charge in [0.15, 0.2) is 5.16 Å². The van der Waals surface area contributed by atoms with E-state index in [-0.39, 0.29) is 23.3 Å². The van der Waals surface area contributed by atoms with Crippen molar-refractivity contribution >= 4 is 28.6 Å². The van der Waals surface area contributed by atoms with Gasteiger partial charge in [-0.1, -0.05) is 50.6 Å². The van der Waals surface area contributed by atoms with Gasteiger partial charge in [0.05, 0.1) is 23.8 Å². The van der Waals surface area contributed by atoms with Crippen LogP contribution in [0.15, 0.2) is 34.2 Å². The summed E-state index contributed by atoms with van der Waals surface area (Å²) in [5.41, 5.74) is 0.663. The average Bonchev–Trinajstić information content (AvgIpc) is 2.62. The van der Waals surface area contributed by atoms with Crippen molar-refractivity contribution in [3.63, 3.8) is 0 Å². The number of rotatable bonds is 4. The third-order valence-corrected chi connectivity index (χ3v) is 6.24. The zero-order valence-corrected chi connectivity index (χ0v) is 15.7. The van der Waals surface area contributed by atoms with E-state index in [1.165, 1.54) is 25.3 Å². The highest BCUT2D eigenvalue weighted by molar-refractivity contribution is 7.99. The van der Waals surface area contributed by atoms with Crippen LogP contribution in [0.1, 0.15) is 39.2 Å². The second-order valence-electron chi connectivity index (χ2n) is 6.79. The molecule has 2 aromatic rings. The predicted octanol–water partition coefficient (Wildman–Crippen LogP) is 3.66. The molecule has 1 aromatic carbocycles. The van der Waals surface area contributed by atoms with Gasteiger partial charge in [0.2, 0.25) is 0 Å². The second kappa shape index (κ2) is 7.60. The van der Waals surface area contributed by atoms with Gasteiger partial charge in [-0.15, -0.1) is 0 Å². The molecule has 1 heterocycles. The van der Waals surface area contributed by atoms with Crippen molar-refractivity contribution in [1.29, 1.82) is 0 Å². The van der Waals surface area contributed by atoms with E-state index in [9.17, 15) is 9.59 Å². The summed E-state index contributed by atoms with van der Waals surface area (Å²) in [6.45, 7) is 4.46. The number of esters is 1. The fraction of sp³-hybridized carbons (Fsp3) is 0.526. The third-order valence-electron chi connectivity index (χ3n) is 5.32. The van der Waals surface area contributed by atoms with Gasteiger partial charge in [-0.05, 0) is 30.4 Å². The molecule has 0 spiro atoms. The van der Waals surface area contributed by atoms with Gasteiger partial charge in [0.25, 0.3) is 5.56 Å². The molecule has 1 aliphatic carbocycles. The quantitative estimate of drug-likeness (QED) is 0.473. The minimum Gasteiger partial charge on any atom is -0.468 e. The van der Waals surface area contributed by atoms with E-state index in [1.807, 2.05) is 28.8 Å². The van der Waals surface area contributed by atoms with Gasteiger partial charge in [0, 0.05) is 6.04 Å².